The zero-order valence-corrected chi connectivity index (χ0v) is 22.9. The highest BCUT2D eigenvalue weighted by Crippen LogP contribution is 2.40. The van der Waals surface area contributed by atoms with Crippen LogP contribution in [0.4, 0.5) is 8.78 Å². The van der Waals surface area contributed by atoms with Crippen LogP contribution in [0.25, 0.3) is 0 Å². The molecule has 40 heavy (non-hydrogen) atoms. The standard InChI is InChI=1S/C28H31F2N3O7/c1-32-22(14-21(31-32)17-9-10-17)26(34)33(15-18-11-12-20(36-2)13-24(18)37-3)16-19-7-6-8-23(25(19)38-4)40-28(29,30)27(35)39-5/h6-8,11-14,17H,9-10,15-16H2,1-5H3. The molecule has 0 saturated heterocycles. The summed E-state index contributed by atoms with van der Waals surface area (Å²) in [6.07, 6.45) is -2.20. The third kappa shape index (κ3) is 6.11. The van der Waals surface area contributed by atoms with Gasteiger partial charge in [-0.05, 0) is 37.1 Å². The predicted octanol–water partition coefficient (Wildman–Crippen LogP) is 4.31. The lowest BCUT2D eigenvalue weighted by Crippen LogP contribution is -2.36. The Labute approximate surface area is 230 Å². The average molecular weight is 560 g/mol. The lowest BCUT2D eigenvalue weighted by molar-refractivity contribution is -0.214. The van der Waals surface area contributed by atoms with Crippen molar-refractivity contribution in [3.05, 3.63) is 65.0 Å². The van der Waals surface area contributed by atoms with Crippen LogP contribution in [0.3, 0.4) is 0 Å². The number of halogens is 2. The zero-order valence-electron chi connectivity index (χ0n) is 22.9. The van der Waals surface area contributed by atoms with Crippen LogP contribution < -0.4 is 18.9 Å². The molecule has 1 saturated carbocycles. The van der Waals surface area contributed by atoms with E-state index in [9.17, 15) is 18.4 Å². The summed E-state index contributed by atoms with van der Waals surface area (Å²) in [5.41, 5.74) is 2.28. The minimum atomic E-state index is -4.25. The van der Waals surface area contributed by atoms with Gasteiger partial charge in [-0.25, -0.2) is 4.79 Å². The third-order valence-electron chi connectivity index (χ3n) is 6.54. The number of ether oxygens (including phenoxy) is 5. The first kappa shape index (κ1) is 28.7. The molecular weight excluding hydrogens is 528 g/mol. The van der Waals surface area contributed by atoms with Crippen molar-refractivity contribution in [2.24, 2.45) is 7.05 Å². The average Bonchev–Trinajstić information content (AvgIpc) is 3.73. The van der Waals surface area contributed by atoms with Crippen LogP contribution in [-0.2, 0) is 29.7 Å². The molecule has 4 rings (SSSR count). The minimum Gasteiger partial charge on any atom is -0.497 e. The fourth-order valence-corrected chi connectivity index (χ4v) is 4.32. The Morgan fingerprint density at radius 3 is 2.33 bits per heavy atom. The van der Waals surface area contributed by atoms with Crippen LogP contribution in [0.15, 0.2) is 42.5 Å². The number of esters is 1. The van der Waals surface area contributed by atoms with Gasteiger partial charge in [0.05, 0.1) is 47.2 Å². The second-order valence-electron chi connectivity index (χ2n) is 9.25. The maximum Gasteiger partial charge on any atom is 0.502 e. The van der Waals surface area contributed by atoms with Crippen LogP contribution in [0.2, 0.25) is 0 Å². The molecule has 214 valence electrons. The molecule has 0 bridgehead atoms. The molecule has 0 aliphatic heterocycles. The quantitative estimate of drug-likeness (QED) is 0.303. The first-order valence-electron chi connectivity index (χ1n) is 12.5. The van der Waals surface area contributed by atoms with Gasteiger partial charge in [-0.15, -0.1) is 0 Å². The summed E-state index contributed by atoms with van der Waals surface area (Å²) >= 11 is 0. The summed E-state index contributed by atoms with van der Waals surface area (Å²) < 4.78 is 55.1. The van der Waals surface area contributed by atoms with Gasteiger partial charge in [0.1, 0.15) is 17.2 Å². The van der Waals surface area contributed by atoms with Gasteiger partial charge in [-0.2, -0.15) is 13.9 Å². The molecule has 12 heteroatoms. The number of para-hydroxylation sites is 1. The molecule has 1 heterocycles. The number of nitrogens with zero attached hydrogens (tertiary/aromatic N) is 3. The van der Waals surface area contributed by atoms with E-state index in [0.717, 1.165) is 25.6 Å². The Morgan fingerprint density at radius 2 is 1.70 bits per heavy atom. The first-order valence-corrected chi connectivity index (χ1v) is 12.5. The fourth-order valence-electron chi connectivity index (χ4n) is 4.32. The number of alkyl halides is 2. The highest BCUT2D eigenvalue weighted by atomic mass is 19.3. The van der Waals surface area contributed by atoms with Gasteiger partial charge in [0.25, 0.3) is 5.91 Å². The summed E-state index contributed by atoms with van der Waals surface area (Å²) in [4.78, 5) is 27.0. The normalized spacial score (nSPS) is 13.0. The van der Waals surface area contributed by atoms with E-state index < -0.39 is 12.1 Å². The molecule has 0 atom stereocenters. The molecule has 3 aromatic rings. The Balaban J connectivity index is 1.72. The predicted molar refractivity (Wildman–Crippen MR) is 139 cm³/mol. The number of rotatable bonds is 12. The van der Waals surface area contributed by atoms with Gasteiger partial charge in [0, 0.05) is 30.2 Å². The number of methoxy groups -OCH3 is 4. The summed E-state index contributed by atoms with van der Waals surface area (Å²) in [5.74, 6) is -1.22. The smallest absolute Gasteiger partial charge is 0.497 e. The topological polar surface area (TPSA) is 101 Å². The van der Waals surface area contributed by atoms with Crippen molar-refractivity contribution in [2.45, 2.75) is 38.0 Å². The largest absolute Gasteiger partial charge is 0.502 e. The number of carbonyl (C=O) groups is 2. The number of benzene rings is 2. The lowest BCUT2D eigenvalue weighted by Gasteiger charge is -2.26. The summed E-state index contributed by atoms with van der Waals surface area (Å²) in [7, 11) is 6.87. The maximum absolute atomic E-state index is 14.3. The number of hydrogen-bond acceptors (Lipinski definition) is 8. The second kappa shape index (κ2) is 11.8. The monoisotopic (exact) mass is 559 g/mol. The zero-order chi connectivity index (χ0) is 29.0. The Hall–Kier alpha value is -4.35. The molecule has 1 fully saturated rings. The van der Waals surface area contributed by atoms with Gasteiger partial charge in [-0.1, -0.05) is 12.1 Å². The molecule has 0 unspecified atom stereocenters. The lowest BCUT2D eigenvalue weighted by atomic mass is 10.1. The van der Waals surface area contributed by atoms with Crippen molar-refractivity contribution < 1.29 is 42.1 Å². The fraction of sp³-hybridized carbons (Fsp3) is 0.393. The molecule has 1 amide bonds. The summed E-state index contributed by atoms with van der Waals surface area (Å²) in [6, 6.07) is 11.3. The van der Waals surface area contributed by atoms with Crippen LogP contribution in [0.5, 0.6) is 23.0 Å². The van der Waals surface area contributed by atoms with Crippen molar-refractivity contribution in [1.29, 1.82) is 0 Å². The molecule has 0 spiro atoms. The van der Waals surface area contributed by atoms with E-state index >= 15 is 0 Å². The Morgan fingerprint density at radius 1 is 0.975 bits per heavy atom. The molecule has 10 nitrogen and oxygen atoms in total. The van der Waals surface area contributed by atoms with Crippen molar-refractivity contribution in [3.8, 4) is 23.0 Å². The molecular formula is C28H31F2N3O7. The molecule has 0 radical (unpaired) electrons. The van der Waals surface area contributed by atoms with Gasteiger partial charge >= 0.3 is 12.1 Å². The van der Waals surface area contributed by atoms with E-state index in [2.05, 4.69) is 9.84 Å². The summed E-state index contributed by atoms with van der Waals surface area (Å²) in [5, 5.41) is 4.52. The van der Waals surface area contributed by atoms with Gasteiger partial charge in [0.15, 0.2) is 11.5 Å². The maximum atomic E-state index is 14.3. The molecule has 1 aliphatic rings. The SMILES string of the molecule is COC(=O)C(F)(F)Oc1cccc(CN(Cc2ccc(OC)cc2OC)C(=O)c2cc(C3CC3)nn2C)c1OC. The van der Waals surface area contributed by atoms with E-state index in [4.69, 9.17) is 18.9 Å². The van der Waals surface area contributed by atoms with Crippen molar-refractivity contribution >= 4 is 11.9 Å². The van der Waals surface area contributed by atoms with E-state index in [-0.39, 0.29) is 30.5 Å². The van der Waals surface area contributed by atoms with E-state index in [0.29, 0.717) is 34.2 Å². The number of carbonyl (C=O) groups excluding carboxylic acids is 2. The molecule has 1 aromatic heterocycles. The Bertz CT molecular complexity index is 1390. The van der Waals surface area contributed by atoms with E-state index in [1.54, 1.807) is 42.1 Å². The highest BCUT2D eigenvalue weighted by Gasteiger charge is 2.44. The number of aryl methyl sites for hydroxylation is 1. The highest BCUT2D eigenvalue weighted by molar-refractivity contribution is 5.93. The molecule has 0 N–H and O–H groups in total. The number of amides is 1. The van der Waals surface area contributed by atoms with Crippen LogP contribution >= 0.6 is 0 Å². The van der Waals surface area contributed by atoms with Crippen LogP contribution in [0, 0.1) is 0 Å². The first-order chi connectivity index (χ1) is 19.1. The number of aromatic nitrogens is 2. The third-order valence-corrected chi connectivity index (χ3v) is 6.54. The molecule has 1 aliphatic carbocycles. The van der Waals surface area contributed by atoms with Crippen molar-refractivity contribution in [2.75, 3.05) is 28.4 Å². The van der Waals surface area contributed by atoms with Crippen molar-refractivity contribution in [3.63, 3.8) is 0 Å². The van der Waals surface area contributed by atoms with Crippen LogP contribution in [-0.4, -0.2) is 61.1 Å². The summed E-state index contributed by atoms with van der Waals surface area (Å²) in [6.45, 7) is 0.0463. The van der Waals surface area contributed by atoms with Gasteiger partial charge in [0.2, 0.25) is 0 Å². The minimum absolute atomic E-state index is 0.0534. The van der Waals surface area contributed by atoms with Gasteiger partial charge < -0.3 is 28.6 Å². The second-order valence-corrected chi connectivity index (χ2v) is 9.25. The number of hydrogen-bond donors (Lipinski definition) is 0. The van der Waals surface area contributed by atoms with E-state index in [1.807, 2.05) is 0 Å². The van der Waals surface area contributed by atoms with Crippen LogP contribution in [0.1, 0.15) is 46.1 Å². The van der Waals surface area contributed by atoms with E-state index in [1.165, 1.54) is 38.4 Å². The van der Waals surface area contributed by atoms with Gasteiger partial charge in [-0.3, -0.25) is 9.48 Å². The molecule has 2 aromatic carbocycles. The Kier molecular flexibility index (Phi) is 8.46. The van der Waals surface area contributed by atoms with Crippen molar-refractivity contribution in [1.82, 2.24) is 14.7 Å².